The van der Waals surface area contributed by atoms with Gasteiger partial charge in [0, 0.05) is 10.6 Å². The number of rotatable bonds is 3. The Morgan fingerprint density at radius 2 is 1.24 bits per heavy atom. The molecule has 0 spiro atoms. The second kappa shape index (κ2) is 6.54. The highest BCUT2D eigenvalue weighted by Crippen LogP contribution is 2.45. The highest BCUT2D eigenvalue weighted by Gasteiger charge is 2.32. The third-order valence-corrected chi connectivity index (χ3v) is 7.53. The molecule has 0 amide bonds. The van der Waals surface area contributed by atoms with Crippen LogP contribution in [-0.4, -0.2) is 5.11 Å². The summed E-state index contributed by atoms with van der Waals surface area (Å²) < 4.78 is 14.2. The van der Waals surface area contributed by atoms with E-state index in [1.165, 1.54) is 0 Å². The Hall–Kier alpha value is -2.31. The fourth-order valence-corrected chi connectivity index (χ4v) is 5.67. The summed E-state index contributed by atoms with van der Waals surface area (Å²) >= 11 is 0. The van der Waals surface area contributed by atoms with Crippen molar-refractivity contribution in [2.24, 2.45) is 0 Å². The van der Waals surface area contributed by atoms with E-state index in [1.807, 2.05) is 72.8 Å². The summed E-state index contributed by atoms with van der Waals surface area (Å²) in [6.45, 7) is 6.28. The van der Waals surface area contributed by atoms with Crippen molar-refractivity contribution in [1.29, 1.82) is 0 Å². The fraction of sp³-hybridized carbons (Fsp3) is 0.182. The lowest BCUT2D eigenvalue weighted by Gasteiger charge is -2.24. The Labute approximate surface area is 149 Å². The molecular weight excluding hydrogens is 327 g/mol. The van der Waals surface area contributed by atoms with Crippen LogP contribution in [-0.2, 0) is 9.98 Å². The molecule has 25 heavy (non-hydrogen) atoms. The van der Waals surface area contributed by atoms with Gasteiger partial charge in [0.15, 0.2) is 7.14 Å². The van der Waals surface area contributed by atoms with Crippen molar-refractivity contribution in [2.75, 3.05) is 0 Å². The van der Waals surface area contributed by atoms with Crippen molar-refractivity contribution in [3.05, 3.63) is 84.4 Å². The summed E-state index contributed by atoms with van der Waals surface area (Å²) in [4.78, 5) is 0. The minimum atomic E-state index is -3.14. The van der Waals surface area contributed by atoms with Crippen molar-refractivity contribution in [1.82, 2.24) is 0 Å². The molecule has 0 heterocycles. The lowest BCUT2D eigenvalue weighted by molar-refractivity contribution is 0.474. The number of hydrogen-bond acceptors (Lipinski definition) is 2. The first-order valence-electron chi connectivity index (χ1n) is 8.39. The van der Waals surface area contributed by atoms with E-state index >= 15 is 0 Å². The molecule has 3 rings (SSSR count). The van der Waals surface area contributed by atoms with E-state index in [9.17, 15) is 9.67 Å². The van der Waals surface area contributed by atoms with Crippen LogP contribution in [0.25, 0.3) is 0 Å². The standard InChI is InChI=1S/C22H23O2P/c1-22(2,3)17-14-15-21(20(23)16-17)25(24,18-10-6-4-7-11-18)19-12-8-5-9-13-19/h4-16,23H,1-3H3. The van der Waals surface area contributed by atoms with Gasteiger partial charge in [-0.3, -0.25) is 0 Å². The molecule has 0 bridgehead atoms. The van der Waals surface area contributed by atoms with Gasteiger partial charge in [-0.15, -0.1) is 0 Å². The zero-order valence-corrected chi connectivity index (χ0v) is 15.7. The van der Waals surface area contributed by atoms with Gasteiger partial charge < -0.3 is 9.67 Å². The van der Waals surface area contributed by atoms with Crippen LogP contribution in [0.2, 0.25) is 0 Å². The number of benzene rings is 3. The van der Waals surface area contributed by atoms with Gasteiger partial charge in [0.25, 0.3) is 0 Å². The molecule has 0 atom stereocenters. The van der Waals surface area contributed by atoms with E-state index in [0.29, 0.717) is 5.30 Å². The average molecular weight is 350 g/mol. The molecule has 2 nitrogen and oxygen atoms in total. The summed E-state index contributed by atoms with van der Waals surface area (Å²) in [6, 6.07) is 24.3. The normalized spacial score (nSPS) is 12.1. The summed E-state index contributed by atoms with van der Waals surface area (Å²) in [5, 5.41) is 12.7. The minimum absolute atomic E-state index is 0.0838. The van der Waals surface area contributed by atoms with Gasteiger partial charge in [0.1, 0.15) is 5.75 Å². The third kappa shape index (κ3) is 3.27. The molecule has 3 aromatic carbocycles. The van der Waals surface area contributed by atoms with E-state index in [1.54, 1.807) is 6.07 Å². The molecule has 3 heteroatoms. The van der Waals surface area contributed by atoms with E-state index in [4.69, 9.17) is 0 Å². The van der Waals surface area contributed by atoms with Crippen LogP contribution in [0.15, 0.2) is 78.9 Å². The molecule has 0 aliphatic rings. The van der Waals surface area contributed by atoms with Crippen molar-refractivity contribution < 1.29 is 9.67 Å². The molecule has 3 aromatic rings. The van der Waals surface area contributed by atoms with Crippen molar-refractivity contribution >= 4 is 23.1 Å². The fourth-order valence-electron chi connectivity index (χ4n) is 2.96. The molecule has 1 N–H and O–H groups in total. The summed E-state index contributed by atoms with van der Waals surface area (Å²) in [7, 11) is -3.14. The monoisotopic (exact) mass is 350 g/mol. The highest BCUT2D eigenvalue weighted by molar-refractivity contribution is 7.85. The van der Waals surface area contributed by atoms with Crippen LogP contribution in [0.1, 0.15) is 26.3 Å². The average Bonchev–Trinajstić information content (AvgIpc) is 2.62. The Morgan fingerprint density at radius 1 is 0.760 bits per heavy atom. The quantitative estimate of drug-likeness (QED) is 0.714. The first-order valence-corrected chi connectivity index (χ1v) is 10.1. The molecule has 0 saturated heterocycles. The summed E-state index contributed by atoms with van der Waals surface area (Å²) in [6.07, 6.45) is 0. The largest absolute Gasteiger partial charge is 0.507 e. The van der Waals surface area contributed by atoms with Crippen LogP contribution >= 0.6 is 7.14 Å². The van der Waals surface area contributed by atoms with E-state index in [-0.39, 0.29) is 11.2 Å². The van der Waals surface area contributed by atoms with Gasteiger partial charge >= 0.3 is 0 Å². The van der Waals surface area contributed by atoms with E-state index in [2.05, 4.69) is 20.8 Å². The molecular formula is C22H23O2P. The van der Waals surface area contributed by atoms with Gasteiger partial charge in [-0.25, -0.2) is 0 Å². The number of phenols is 1. The van der Waals surface area contributed by atoms with Gasteiger partial charge in [-0.1, -0.05) is 87.5 Å². The van der Waals surface area contributed by atoms with Gasteiger partial charge in [-0.2, -0.15) is 0 Å². The molecule has 128 valence electrons. The zero-order valence-electron chi connectivity index (χ0n) is 14.8. The minimum Gasteiger partial charge on any atom is -0.507 e. The summed E-state index contributed by atoms with van der Waals surface area (Å²) in [5.41, 5.74) is 0.931. The number of aromatic hydroxyl groups is 1. The van der Waals surface area contributed by atoms with Crippen LogP contribution in [0, 0.1) is 0 Å². The second-order valence-corrected chi connectivity index (χ2v) is 9.97. The lowest BCUT2D eigenvalue weighted by Crippen LogP contribution is -2.25. The van der Waals surface area contributed by atoms with Crippen molar-refractivity contribution in [3.63, 3.8) is 0 Å². The highest BCUT2D eigenvalue weighted by atomic mass is 31.2. The van der Waals surface area contributed by atoms with Crippen molar-refractivity contribution in [3.8, 4) is 5.75 Å². The van der Waals surface area contributed by atoms with E-state index in [0.717, 1.165) is 16.2 Å². The first kappa shape index (κ1) is 17.5. The van der Waals surface area contributed by atoms with E-state index < -0.39 is 7.14 Å². The molecule has 0 unspecified atom stereocenters. The molecule has 0 fully saturated rings. The predicted octanol–water partition coefficient (Wildman–Crippen LogP) is 4.33. The van der Waals surface area contributed by atoms with Crippen LogP contribution in [0.5, 0.6) is 5.75 Å². The molecule has 0 aliphatic heterocycles. The van der Waals surface area contributed by atoms with Gasteiger partial charge in [-0.05, 0) is 23.1 Å². The maximum atomic E-state index is 14.2. The molecule has 0 aliphatic carbocycles. The molecule has 0 saturated carbocycles. The Balaban J connectivity index is 2.26. The Kier molecular flexibility index (Phi) is 4.58. The topological polar surface area (TPSA) is 37.3 Å². The second-order valence-electron chi connectivity index (χ2n) is 7.23. The third-order valence-electron chi connectivity index (χ3n) is 4.42. The van der Waals surface area contributed by atoms with Crippen LogP contribution < -0.4 is 15.9 Å². The SMILES string of the molecule is CC(C)(C)c1ccc(P(=O)(c2ccccc2)c2ccccc2)c(O)c1. The van der Waals surface area contributed by atoms with Gasteiger partial charge in [0.2, 0.25) is 0 Å². The predicted molar refractivity (Wildman–Crippen MR) is 106 cm³/mol. The first-order chi connectivity index (χ1) is 11.8. The molecule has 0 aromatic heterocycles. The number of phenolic OH excluding ortho intramolecular Hbond substituents is 1. The van der Waals surface area contributed by atoms with Crippen LogP contribution in [0.4, 0.5) is 0 Å². The maximum absolute atomic E-state index is 14.2. The van der Waals surface area contributed by atoms with Crippen molar-refractivity contribution in [2.45, 2.75) is 26.2 Å². The summed E-state index contributed by atoms with van der Waals surface area (Å²) in [5.74, 6) is 0.0865. The number of hydrogen-bond donors (Lipinski definition) is 1. The Bertz CT molecular complexity index is 866. The zero-order chi connectivity index (χ0) is 18.1. The smallest absolute Gasteiger partial charge is 0.174 e. The molecule has 0 radical (unpaired) electrons. The van der Waals surface area contributed by atoms with Crippen LogP contribution in [0.3, 0.4) is 0 Å². The lowest BCUT2D eigenvalue weighted by atomic mass is 9.87. The van der Waals surface area contributed by atoms with Gasteiger partial charge in [0.05, 0.1) is 5.30 Å². The maximum Gasteiger partial charge on any atom is 0.174 e. The Morgan fingerprint density at radius 3 is 1.64 bits per heavy atom.